The van der Waals surface area contributed by atoms with Gasteiger partial charge in [0.15, 0.2) is 0 Å². The Labute approximate surface area is 116 Å². The van der Waals surface area contributed by atoms with E-state index in [2.05, 4.69) is 45.5 Å². The average Bonchev–Trinajstić information content (AvgIpc) is 2.40. The van der Waals surface area contributed by atoms with E-state index in [-0.39, 0.29) is 0 Å². The van der Waals surface area contributed by atoms with Crippen molar-refractivity contribution in [2.75, 3.05) is 7.05 Å². The number of halogens is 1. The Balaban J connectivity index is 1.91. The molecule has 18 heavy (non-hydrogen) atoms. The van der Waals surface area contributed by atoms with Gasteiger partial charge < -0.3 is 10.1 Å². The molecule has 0 saturated heterocycles. The van der Waals surface area contributed by atoms with Crippen LogP contribution in [0.1, 0.15) is 11.1 Å². The molecule has 0 amide bonds. The van der Waals surface area contributed by atoms with Crippen LogP contribution >= 0.6 is 15.9 Å². The van der Waals surface area contributed by atoms with Gasteiger partial charge in [-0.2, -0.15) is 0 Å². The molecule has 0 aliphatic heterocycles. The van der Waals surface area contributed by atoms with Gasteiger partial charge in [0, 0.05) is 11.0 Å². The quantitative estimate of drug-likeness (QED) is 0.908. The number of rotatable bonds is 5. The molecule has 2 rings (SSSR count). The third kappa shape index (κ3) is 3.86. The van der Waals surface area contributed by atoms with Crippen LogP contribution in [0.3, 0.4) is 0 Å². The summed E-state index contributed by atoms with van der Waals surface area (Å²) >= 11 is 3.40. The standard InChI is InChI=1S/C15H16BrNO/c1-17-10-12-2-4-13(5-3-12)11-18-15-8-6-14(16)7-9-15/h2-9,17H,10-11H2,1H3. The number of nitrogens with one attached hydrogen (secondary N) is 1. The number of ether oxygens (including phenoxy) is 1. The monoisotopic (exact) mass is 305 g/mol. The second-order valence-electron chi connectivity index (χ2n) is 4.09. The fourth-order valence-corrected chi connectivity index (χ4v) is 1.92. The van der Waals surface area contributed by atoms with Crippen LogP contribution in [0.25, 0.3) is 0 Å². The van der Waals surface area contributed by atoms with Gasteiger partial charge in [-0.15, -0.1) is 0 Å². The van der Waals surface area contributed by atoms with E-state index in [4.69, 9.17) is 4.74 Å². The molecule has 1 N–H and O–H groups in total. The number of hydrogen-bond acceptors (Lipinski definition) is 2. The van der Waals surface area contributed by atoms with Crippen molar-refractivity contribution >= 4 is 15.9 Å². The topological polar surface area (TPSA) is 21.3 Å². The Morgan fingerprint density at radius 1 is 0.944 bits per heavy atom. The lowest BCUT2D eigenvalue weighted by atomic mass is 10.1. The van der Waals surface area contributed by atoms with E-state index in [1.807, 2.05) is 31.3 Å². The molecule has 3 heteroatoms. The maximum atomic E-state index is 5.71. The van der Waals surface area contributed by atoms with Gasteiger partial charge in [0.25, 0.3) is 0 Å². The lowest BCUT2D eigenvalue weighted by Gasteiger charge is -2.07. The molecule has 0 radical (unpaired) electrons. The predicted octanol–water partition coefficient (Wildman–Crippen LogP) is 3.75. The smallest absolute Gasteiger partial charge is 0.119 e. The lowest BCUT2D eigenvalue weighted by Crippen LogP contribution is -2.05. The fraction of sp³-hybridized carbons (Fsp3) is 0.200. The van der Waals surface area contributed by atoms with Gasteiger partial charge in [-0.3, -0.25) is 0 Å². The van der Waals surface area contributed by atoms with Crippen molar-refractivity contribution in [3.8, 4) is 5.75 Å². The van der Waals surface area contributed by atoms with Crippen molar-refractivity contribution < 1.29 is 4.74 Å². The molecule has 0 aromatic heterocycles. The van der Waals surface area contributed by atoms with Crippen molar-refractivity contribution in [2.45, 2.75) is 13.2 Å². The van der Waals surface area contributed by atoms with Crippen LogP contribution < -0.4 is 10.1 Å². The van der Waals surface area contributed by atoms with Crippen molar-refractivity contribution in [1.29, 1.82) is 0 Å². The molecule has 0 atom stereocenters. The van der Waals surface area contributed by atoms with Gasteiger partial charge in [0.1, 0.15) is 12.4 Å². The summed E-state index contributed by atoms with van der Waals surface area (Å²) in [5.74, 6) is 0.887. The maximum absolute atomic E-state index is 5.71. The van der Waals surface area contributed by atoms with Gasteiger partial charge >= 0.3 is 0 Å². The van der Waals surface area contributed by atoms with Crippen molar-refractivity contribution in [2.24, 2.45) is 0 Å². The third-order valence-electron chi connectivity index (χ3n) is 2.62. The molecule has 2 nitrogen and oxygen atoms in total. The second-order valence-corrected chi connectivity index (χ2v) is 5.01. The highest BCUT2D eigenvalue weighted by atomic mass is 79.9. The zero-order chi connectivity index (χ0) is 12.8. The van der Waals surface area contributed by atoms with Gasteiger partial charge in [-0.1, -0.05) is 40.2 Å². The highest BCUT2D eigenvalue weighted by Crippen LogP contribution is 2.17. The van der Waals surface area contributed by atoms with E-state index in [1.54, 1.807) is 0 Å². The van der Waals surface area contributed by atoms with Crippen LogP contribution in [-0.2, 0) is 13.2 Å². The summed E-state index contributed by atoms with van der Waals surface area (Å²) in [7, 11) is 1.95. The van der Waals surface area contributed by atoms with Crippen LogP contribution in [0.5, 0.6) is 5.75 Å². The zero-order valence-corrected chi connectivity index (χ0v) is 11.9. The van der Waals surface area contributed by atoms with Gasteiger partial charge in [-0.05, 0) is 42.4 Å². The molecule has 0 aliphatic carbocycles. The summed E-state index contributed by atoms with van der Waals surface area (Å²) in [6, 6.07) is 16.3. The first-order chi connectivity index (χ1) is 8.78. The lowest BCUT2D eigenvalue weighted by molar-refractivity contribution is 0.306. The largest absolute Gasteiger partial charge is 0.489 e. The van der Waals surface area contributed by atoms with E-state index in [9.17, 15) is 0 Å². The summed E-state index contributed by atoms with van der Waals surface area (Å²) in [6.45, 7) is 1.50. The normalized spacial score (nSPS) is 10.3. The molecule has 0 unspecified atom stereocenters. The molecular weight excluding hydrogens is 290 g/mol. The first kappa shape index (κ1) is 13.1. The summed E-state index contributed by atoms with van der Waals surface area (Å²) in [5, 5.41) is 3.13. The van der Waals surface area contributed by atoms with Crippen LogP contribution in [-0.4, -0.2) is 7.05 Å². The highest BCUT2D eigenvalue weighted by Gasteiger charge is 1.97. The van der Waals surface area contributed by atoms with Crippen LogP contribution in [0, 0.1) is 0 Å². The molecule has 0 bridgehead atoms. The molecular formula is C15H16BrNO. The van der Waals surface area contributed by atoms with E-state index in [0.29, 0.717) is 6.61 Å². The minimum atomic E-state index is 0.599. The predicted molar refractivity (Wildman–Crippen MR) is 77.7 cm³/mol. The molecule has 0 fully saturated rings. The summed E-state index contributed by atoms with van der Waals surface area (Å²) in [6.07, 6.45) is 0. The fourth-order valence-electron chi connectivity index (χ4n) is 1.65. The molecule has 2 aromatic rings. The van der Waals surface area contributed by atoms with Gasteiger partial charge in [0.05, 0.1) is 0 Å². The third-order valence-corrected chi connectivity index (χ3v) is 3.15. The van der Waals surface area contributed by atoms with Gasteiger partial charge in [0.2, 0.25) is 0 Å². The van der Waals surface area contributed by atoms with Crippen LogP contribution in [0.4, 0.5) is 0 Å². The van der Waals surface area contributed by atoms with Crippen molar-refractivity contribution in [3.63, 3.8) is 0 Å². The Hall–Kier alpha value is -1.32. The molecule has 0 saturated carbocycles. The molecule has 0 aliphatic rings. The van der Waals surface area contributed by atoms with Gasteiger partial charge in [-0.25, -0.2) is 0 Å². The van der Waals surface area contributed by atoms with E-state index in [0.717, 1.165) is 16.8 Å². The second kappa shape index (κ2) is 6.57. The molecule has 0 heterocycles. The summed E-state index contributed by atoms with van der Waals surface area (Å²) < 4.78 is 6.77. The number of hydrogen-bond donors (Lipinski definition) is 1. The minimum Gasteiger partial charge on any atom is -0.489 e. The Morgan fingerprint density at radius 3 is 2.17 bits per heavy atom. The zero-order valence-electron chi connectivity index (χ0n) is 10.3. The SMILES string of the molecule is CNCc1ccc(COc2ccc(Br)cc2)cc1. The maximum Gasteiger partial charge on any atom is 0.119 e. The van der Waals surface area contributed by atoms with E-state index >= 15 is 0 Å². The van der Waals surface area contributed by atoms with Crippen molar-refractivity contribution in [3.05, 3.63) is 64.1 Å². The highest BCUT2D eigenvalue weighted by molar-refractivity contribution is 9.10. The minimum absolute atomic E-state index is 0.599. The van der Waals surface area contributed by atoms with E-state index < -0.39 is 0 Å². The number of benzene rings is 2. The van der Waals surface area contributed by atoms with Crippen LogP contribution in [0.2, 0.25) is 0 Å². The van der Waals surface area contributed by atoms with E-state index in [1.165, 1.54) is 11.1 Å². The molecule has 2 aromatic carbocycles. The summed E-state index contributed by atoms with van der Waals surface area (Å²) in [5.41, 5.74) is 2.46. The Kier molecular flexibility index (Phi) is 4.79. The Morgan fingerprint density at radius 2 is 1.56 bits per heavy atom. The average molecular weight is 306 g/mol. The first-order valence-corrected chi connectivity index (χ1v) is 6.68. The molecule has 0 spiro atoms. The van der Waals surface area contributed by atoms with Crippen LogP contribution in [0.15, 0.2) is 53.0 Å². The Bertz CT molecular complexity index is 479. The molecule has 94 valence electrons. The van der Waals surface area contributed by atoms with Crippen molar-refractivity contribution in [1.82, 2.24) is 5.32 Å². The first-order valence-electron chi connectivity index (χ1n) is 5.89. The summed E-state index contributed by atoms with van der Waals surface area (Å²) in [4.78, 5) is 0.